The molecule has 0 radical (unpaired) electrons. The highest BCUT2D eigenvalue weighted by Gasteiger charge is 2.29. The number of aromatic nitrogens is 1. The fourth-order valence-electron chi connectivity index (χ4n) is 3.22. The first-order valence-corrected chi connectivity index (χ1v) is 7.50. The van der Waals surface area contributed by atoms with Gasteiger partial charge in [0.1, 0.15) is 0 Å². The second-order valence-corrected chi connectivity index (χ2v) is 5.75. The Balaban J connectivity index is 1.65. The first-order chi connectivity index (χ1) is 9.75. The van der Waals surface area contributed by atoms with Gasteiger partial charge >= 0.3 is 0 Å². The number of carbonyl (C=O) groups excluding carboxylic acids is 1. The van der Waals surface area contributed by atoms with Crippen LogP contribution in [0.4, 0.5) is 0 Å². The van der Waals surface area contributed by atoms with Crippen LogP contribution in [0, 0.1) is 6.92 Å². The topological polar surface area (TPSA) is 48.6 Å². The van der Waals surface area contributed by atoms with E-state index in [0.29, 0.717) is 6.04 Å². The molecule has 0 spiro atoms. The van der Waals surface area contributed by atoms with Crippen molar-refractivity contribution >= 4 is 5.91 Å². The van der Waals surface area contributed by atoms with Crippen LogP contribution in [0.2, 0.25) is 0 Å². The molecular weight excluding hydrogens is 254 g/mol. The fraction of sp³-hybridized carbons (Fsp3) is 0.667. The van der Waals surface area contributed by atoms with Gasteiger partial charge in [-0.15, -0.1) is 0 Å². The van der Waals surface area contributed by atoms with E-state index < -0.39 is 0 Å². The van der Waals surface area contributed by atoms with Gasteiger partial charge in [0, 0.05) is 44.6 Å². The number of likely N-dealkylation sites (tertiary alicyclic amines) is 1. The molecule has 0 aliphatic carbocycles. The third-order valence-corrected chi connectivity index (χ3v) is 4.43. The molecule has 2 saturated heterocycles. The number of carbonyl (C=O) groups is 1. The maximum atomic E-state index is 12.6. The number of H-pyrrole nitrogens is 1. The van der Waals surface area contributed by atoms with E-state index >= 15 is 0 Å². The molecule has 1 amide bonds. The van der Waals surface area contributed by atoms with Gasteiger partial charge < -0.3 is 14.6 Å². The third-order valence-electron chi connectivity index (χ3n) is 4.43. The number of nitrogens with zero attached hydrogens (tertiary/aromatic N) is 2. The molecule has 2 aliphatic rings. The molecule has 1 aromatic heterocycles. The zero-order chi connectivity index (χ0) is 13.9. The van der Waals surface area contributed by atoms with Gasteiger partial charge in [-0.05, 0) is 25.3 Å². The van der Waals surface area contributed by atoms with Crippen LogP contribution in [0.25, 0.3) is 0 Å². The summed E-state index contributed by atoms with van der Waals surface area (Å²) in [5.74, 6) is 0.168. The molecule has 2 fully saturated rings. The van der Waals surface area contributed by atoms with E-state index in [1.165, 1.54) is 6.42 Å². The first kappa shape index (κ1) is 13.6. The van der Waals surface area contributed by atoms with Gasteiger partial charge in [-0.25, -0.2) is 0 Å². The van der Waals surface area contributed by atoms with Crippen molar-refractivity contribution in [3.8, 4) is 0 Å². The molecule has 110 valence electrons. The van der Waals surface area contributed by atoms with Crippen LogP contribution >= 0.6 is 0 Å². The first-order valence-electron chi connectivity index (χ1n) is 7.50. The Hall–Kier alpha value is -1.33. The molecule has 1 atom stereocenters. The van der Waals surface area contributed by atoms with Crippen LogP contribution in [-0.4, -0.2) is 66.1 Å². The SMILES string of the molecule is Cc1c[nH]cc1C(=O)N1CCCC(N2CCOCC2)C1. The molecule has 1 aromatic rings. The predicted octanol–water partition coefficient (Wildman–Crippen LogP) is 1.26. The van der Waals surface area contributed by atoms with Gasteiger partial charge in [-0.2, -0.15) is 0 Å². The van der Waals surface area contributed by atoms with Gasteiger partial charge in [0.05, 0.1) is 18.8 Å². The van der Waals surface area contributed by atoms with Crippen molar-refractivity contribution in [2.75, 3.05) is 39.4 Å². The molecule has 3 heterocycles. The zero-order valence-corrected chi connectivity index (χ0v) is 12.1. The number of rotatable bonds is 2. The van der Waals surface area contributed by atoms with Crippen LogP contribution < -0.4 is 0 Å². The Labute approximate surface area is 119 Å². The average molecular weight is 277 g/mol. The van der Waals surface area contributed by atoms with E-state index in [1.807, 2.05) is 24.2 Å². The number of morpholine rings is 1. The molecule has 0 bridgehead atoms. The normalized spacial score (nSPS) is 24.9. The minimum atomic E-state index is 0.168. The van der Waals surface area contributed by atoms with Gasteiger partial charge in [-0.3, -0.25) is 9.69 Å². The highest BCUT2D eigenvalue weighted by molar-refractivity contribution is 5.95. The second-order valence-electron chi connectivity index (χ2n) is 5.75. The fourth-order valence-corrected chi connectivity index (χ4v) is 3.22. The van der Waals surface area contributed by atoms with Gasteiger partial charge in [-0.1, -0.05) is 0 Å². The summed E-state index contributed by atoms with van der Waals surface area (Å²) in [5, 5.41) is 0. The van der Waals surface area contributed by atoms with E-state index in [-0.39, 0.29) is 5.91 Å². The minimum absolute atomic E-state index is 0.168. The van der Waals surface area contributed by atoms with Crippen molar-refractivity contribution < 1.29 is 9.53 Å². The number of hydrogen-bond acceptors (Lipinski definition) is 3. The molecule has 5 nitrogen and oxygen atoms in total. The summed E-state index contributed by atoms with van der Waals surface area (Å²) in [6.07, 6.45) is 5.99. The summed E-state index contributed by atoms with van der Waals surface area (Å²) in [5.41, 5.74) is 1.84. The lowest BCUT2D eigenvalue weighted by Gasteiger charge is -2.40. The summed E-state index contributed by atoms with van der Waals surface area (Å²) >= 11 is 0. The molecule has 0 saturated carbocycles. The minimum Gasteiger partial charge on any atom is -0.379 e. The van der Waals surface area contributed by atoms with E-state index in [2.05, 4.69) is 9.88 Å². The monoisotopic (exact) mass is 277 g/mol. The third kappa shape index (κ3) is 2.74. The van der Waals surface area contributed by atoms with Crippen LogP contribution in [0.3, 0.4) is 0 Å². The Kier molecular flexibility index (Phi) is 4.08. The quantitative estimate of drug-likeness (QED) is 0.885. The highest BCUT2D eigenvalue weighted by Crippen LogP contribution is 2.20. The number of amides is 1. The van der Waals surface area contributed by atoms with Crippen molar-refractivity contribution in [1.29, 1.82) is 0 Å². The Morgan fingerprint density at radius 2 is 2.10 bits per heavy atom. The molecule has 20 heavy (non-hydrogen) atoms. The average Bonchev–Trinajstić information content (AvgIpc) is 2.94. The largest absolute Gasteiger partial charge is 0.379 e. The van der Waals surface area contributed by atoms with Crippen molar-refractivity contribution in [3.63, 3.8) is 0 Å². The van der Waals surface area contributed by atoms with Crippen LogP contribution in [0.5, 0.6) is 0 Å². The van der Waals surface area contributed by atoms with E-state index in [1.54, 1.807) is 0 Å². The van der Waals surface area contributed by atoms with E-state index in [9.17, 15) is 4.79 Å². The summed E-state index contributed by atoms with van der Waals surface area (Å²) in [4.78, 5) is 20.1. The number of hydrogen-bond donors (Lipinski definition) is 1. The number of aromatic amines is 1. The maximum absolute atomic E-state index is 12.6. The van der Waals surface area contributed by atoms with Crippen molar-refractivity contribution in [2.45, 2.75) is 25.8 Å². The number of ether oxygens (including phenoxy) is 1. The number of nitrogens with one attached hydrogen (secondary N) is 1. The number of piperidine rings is 1. The maximum Gasteiger partial charge on any atom is 0.255 e. The standard InChI is InChI=1S/C15H23N3O2/c1-12-9-16-10-14(12)15(19)18-4-2-3-13(11-18)17-5-7-20-8-6-17/h9-10,13,16H,2-8,11H2,1H3. The van der Waals surface area contributed by atoms with Crippen molar-refractivity contribution in [1.82, 2.24) is 14.8 Å². The molecule has 1 N–H and O–H groups in total. The molecule has 3 rings (SSSR count). The lowest BCUT2D eigenvalue weighted by atomic mass is 10.0. The second kappa shape index (κ2) is 5.97. The number of aryl methyl sites for hydroxylation is 1. The molecular formula is C15H23N3O2. The smallest absolute Gasteiger partial charge is 0.255 e. The molecule has 0 aromatic carbocycles. The molecule has 2 aliphatic heterocycles. The molecule has 1 unspecified atom stereocenters. The van der Waals surface area contributed by atoms with Crippen LogP contribution in [-0.2, 0) is 4.74 Å². The van der Waals surface area contributed by atoms with Crippen LogP contribution in [0.1, 0.15) is 28.8 Å². The lowest BCUT2D eigenvalue weighted by molar-refractivity contribution is -0.00121. The van der Waals surface area contributed by atoms with Crippen molar-refractivity contribution in [3.05, 3.63) is 23.5 Å². The lowest BCUT2D eigenvalue weighted by Crippen LogP contribution is -2.52. The zero-order valence-electron chi connectivity index (χ0n) is 12.1. The Morgan fingerprint density at radius 1 is 1.30 bits per heavy atom. The molecule has 5 heteroatoms. The Morgan fingerprint density at radius 3 is 2.80 bits per heavy atom. The van der Waals surface area contributed by atoms with E-state index in [4.69, 9.17) is 4.74 Å². The summed E-state index contributed by atoms with van der Waals surface area (Å²) in [7, 11) is 0. The van der Waals surface area contributed by atoms with E-state index in [0.717, 1.165) is 56.9 Å². The van der Waals surface area contributed by atoms with Crippen molar-refractivity contribution in [2.24, 2.45) is 0 Å². The van der Waals surface area contributed by atoms with Crippen LogP contribution in [0.15, 0.2) is 12.4 Å². The van der Waals surface area contributed by atoms with Gasteiger partial charge in [0.15, 0.2) is 0 Å². The van der Waals surface area contributed by atoms with Gasteiger partial charge in [0.25, 0.3) is 5.91 Å². The highest BCUT2D eigenvalue weighted by atomic mass is 16.5. The summed E-state index contributed by atoms with van der Waals surface area (Å²) in [6.45, 7) is 7.34. The summed E-state index contributed by atoms with van der Waals surface area (Å²) in [6, 6.07) is 0.496. The summed E-state index contributed by atoms with van der Waals surface area (Å²) < 4.78 is 5.41. The predicted molar refractivity (Wildman–Crippen MR) is 76.8 cm³/mol. The Bertz CT molecular complexity index is 465. The van der Waals surface area contributed by atoms with Gasteiger partial charge in [0.2, 0.25) is 0 Å².